The zero-order valence-electron chi connectivity index (χ0n) is 8.15. The topological polar surface area (TPSA) is 48.1 Å². The molecule has 1 heterocycles. The van der Waals surface area contributed by atoms with Crippen molar-refractivity contribution in [2.24, 2.45) is 0 Å². The van der Waals surface area contributed by atoms with Crippen molar-refractivity contribution in [3.8, 4) is 11.5 Å². The summed E-state index contributed by atoms with van der Waals surface area (Å²) in [6.45, 7) is 0. The van der Waals surface area contributed by atoms with Crippen LogP contribution in [0.3, 0.4) is 0 Å². The number of benzene rings is 1. The third kappa shape index (κ3) is 2.56. The number of nitrogens with zero attached hydrogens (tertiary/aromatic N) is 1. The van der Waals surface area contributed by atoms with Crippen LogP contribution in [0.25, 0.3) is 0 Å². The summed E-state index contributed by atoms with van der Waals surface area (Å²) in [5, 5.41) is 0.927. The molecule has 0 saturated carbocycles. The molecule has 0 bridgehead atoms. The minimum Gasteiger partial charge on any atom is -0.456 e. The molecule has 82 valence electrons. The summed E-state index contributed by atoms with van der Waals surface area (Å²) in [5.41, 5.74) is 6.12. The van der Waals surface area contributed by atoms with Crippen LogP contribution in [-0.2, 0) is 0 Å². The maximum absolute atomic E-state index is 5.86. The van der Waals surface area contributed by atoms with Crippen molar-refractivity contribution in [1.29, 1.82) is 0 Å². The Hall–Kier alpha value is -1.45. The second-order valence-corrected chi connectivity index (χ2v) is 3.95. The summed E-state index contributed by atoms with van der Waals surface area (Å²) < 4.78 is 5.51. The van der Waals surface area contributed by atoms with Gasteiger partial charge in [0.25, 0.3) is 0 Å². The Morgan fingerprint density at radius 2 is 1.81 bits per heavy atom. The highest BCUT2D eigenvalue weighted by Crippen LogP contribution is 2.29. The van der Waals surface area contributed by atoms with Crippen molar-refractivity contribution < 1.29 is 4.74 Å². The van der Waals surface area contributed by atoms with Gasteiger partial charge in [-0.15, -0.1) is 0 Å². The molecule has 0 spiro atoms. The molecule has 1 aromatic carbocycles. The monoisotopic (exact) mass is 254 g/mol. The van der Waals surface area contributed by atoms with E-state index in [-0.39, 0.29) is 0 Å². The Kier molecular flexibility index (Phi) is 3.17. The number of hydrogen-bond donors (Lipinski definition) is 1. The van der Waals surface area contributed by atoms with Gasteiger partial charge < -0.3 is 10.5 Å². The standard InChI is InChI=1S/C11H8Cl2N2O/c12-10-2-1-8(4-11(10)13)16-9-3-7(14)5-15-6-9/h1-6H,14H2. The fourth-order valence-electron chi connectivity index (χ4n) is 1.17. The molecule has 0 radical (unpaired) electrons. The average molecular weight is 255 g/mol. The van der Waals surface area contributed by atoms with Gasteiger partial charge in [0.1, 0.15) is 11.5 Å². The van der Waals surface area contributed by atoms with Crippen LogP contribution in [-0.4, -0.2) is 4.98 Å². The smallest absolute Gasteiger partial charge is 0.147 e. The van der Waals surface area contributed by atoms with E-state index >= 15 is 0 Å². The lowest BCUT2D eigenvalue weighted by atomic mass is 10.3. The van der Waals surface area contributed by atoms with Crippen LogP contribution in [0.2, 0.25) is 10.0 Å². The van der Waals surface area contributed by atoms with Crippen LogP contribution in [0.5, 0.6) is 11.5 Å². The Labute approximate surface area is 103 Å². The third-order valence-corrected chi connectivity index (χ3v) is 2.60. The summed E-state index contributed by atoms with van der Waals surface area (Å²) in [6.07, 6.45) is 3.11. The molecule has 0 fully saturated rings. The molecule has 16 heavy (non-hydrogen) atoms. The average Bonchev–Trinajstić information content (AvgIpc) is 2.24. The summed E-state index contributed by atoms with van der Waals surface area (Å²) in [7, 11) is 0. The van der Waals surface area contributed by atoms with Crippen molar-refractivity contribution in [2.75, 3.05) is 5.73 Å². The highest BCUT2D eigenvalue weighted by atomic mass is 35.5. The molecule has 0 amide bonds. The molecule has 2 N–H and O–H groups in total. The van der Waals surface area contributed by atoms with E-state index in [4.69, 9.17) is 33.7 Å². The number of nitrogen functional groups attached to an aromatic ring is 1. The van der Waals surface area contributed by atoms with Gasteiger partial charge in [-0.25, -0.2) is 0 Å². The van der Waals surface area contributed by atoms with Gasteiger partial charge in [-0.2, -0.15) is 0 Å². The number of nitrogens with two attached hydrogens (primary N) is 1. The number of aromatic nitrogens is 1. The molecule has 0 unspecified atom stereocenters. The third-order valence-electron chi connectivity index (χ3n) is 1.86. The first-order valence-electron chi connectivity index (χ1n) is 4.48. The van der Waals surface area contributed by atoms with Crippen molar-refractivity contribution in [3.05, 3.63) is 46.7 Å². The Morgan fingerprint density at radius 1 is 1.00 bits per heavy atom. The molecular weight excluding hydrogens is 247 g/mol. The van der Waals surface area contributed by atoms with Crippen molar-refractivity contribution in [2.45, 2.75) is 0 Å². The number of anilines is 1. The number of ether oxygens (including phenoxy) is 1. The SMILES string of the molecule is Nc1cncc(Oc2ccc(Cl)c(Cl)c2)c1. The van der Waals surface area contributed by atoms with Crippen molar-refractivity contribution >= 4 is 28.9 Å². The number of rotatable bonds is 2. The van der Waals surface area contributed by atoms with Gasteiger partial charge in [-0.1, -0.05) is 23.2 Å². The van der Waals surface area contributed by atoms with Gasteiger partial charge in [0.15, 0.2) is 0 Å². The van der Waals surface area contributed by atoms with Crippen LogP contribution in [0.1, 0.15) is 0 Å². The van der Waals surface area contributed by atoms with Gasteiger partial charge in [0, 0.05) is 12.1 Å². The van der Waals surface area contributed by atoms with Crippen molar-refractivity contribution in [3.63, 3.8) is 0 Å². The minimum absolute atomic E-state index is 0.441. The van der Waals surface area contributed by atoms with Crippen LogP contribution >= 0.6 is 23.2 Å². The normalized spacial score (nSPS) is 10.1. The van der Waals surface area contributed by atoms with E-state index in [0.29, 0.717) is 27.2 Å². The summed E-state index contributed by atoms with van der Waals surface area (Å²) >= 11 is 11.6. The molecule has 0 aliphatic carbocycles. The maximum atomic E-state index is 5.86. The quantitative estimate of drug-likeness (QED) is 0.888. The van der Waals surface area contributed by atoms with Gasteiger partial charge in [-0.3, -0.25) is 4.98 Å². The minimum atomic E-state index is 0.441. The zero-order valence-corrected chi connectivity index (χ0v) is 9.66. The lowest BCUT2D eigenvalue weighted by molar-refractivity contribution is 0.480. The molecule has 0 saturated heterocycles. The number of pyridine rings is 1. The van der Waals surface area contributed by atoms with E-state index in [9.17, 15) is 0 Å². The molecule has 0 aliphatic heterocycles. The molecule has 1 aromatic heterocycles. The molecule has 3 nitrogen and oxygen atoms in total. The van der Waals surface area contributed by atoms with E-state index in [0.717, 1.165) is 0 Å². The van der Waals surface area contributed by atoms with Gasteiger partial charge in [0.2, 0.25) is 0 Å². The second-order valence-electron chi connectivity index (χ2n) is 3.13. The maximum Gasteiger partial charge on any atom is 0.147 e. The lowest BCUT2D eigenvalue weighted by Gasteiger charge is -2.06. The second kappa shape index (κ2) is 4.60. The largest absolute Gasteiger partial charge is 0.456 e. The number of hydrogen-bond acceptors (Lipinski definition) is 3. The van der Waals surface area contributed by atoms with Crippen LogP contribution in [0, 0.1) is 0 Å². The Bertz CT molecular complexity index is 517. The van der Waals surface area contributed by atoms with Gasteiger partial charge in [0.05, 0.1) is 28.1 Å². The zero-order chi connectivity index (χ0) is 11.5. The predicted molar refractivity (Wildman–Crippen MR) is 65.2 cm³/mol. The molecule has 5 heteroatoms. The van der Waals surface area contributed by atoms with Crippen LogP contribution < -0.4 is 10.5 Å². The lowest BCUT2D eigenvalue weighted by Crippen LogP contribution is -1.89. The molecule has 0 atom stereocenters. The van der Waals surface area contributed by atoms with Crippen LogP contribution in [0.15, 0.2) is 36.7 Å². The summed E-state index contributed by atoms with van der Waals surface area (Å²) in [5.74, 6) is 1.14. The summed E-state index contributed by atoms with van der Waals surface area (Å²) in [6, 6.07) is 6.69. The Morgan fingerprint density at radius 3 is 2.50 bits per heavy atom. The first kappa shape index (κ1) is 11.0. The first-order chi connectivity index (χ1) is 7.65. The van der Waals surface area contributed by atoms with E-state index in [2.05, 4.69) is 4.98 Å². The van der Waals surface area contributed by atoms with Gasteiger partial charge in [-0.05, 0) is 12.1 Å². The van der Waals surface area contributed by atoms with E-state index in [1.807, 2.05) is 0 Å². The van der Waals surface area contributed by atoms with E-state index < -0.39 is 0 Å². The van der Waals surface area contributed by atoms with Crippen molar-refractivity contribution in [1.82, 2.24) is 4.98 Å². The predicted octanol–water partition coefficient (Wildman–Crippen LogP) is 3.76. The molecule has 0 aliphatic rings. The molecule has 2 aromatic rings. The molecule has 2 rings (SSSR count). The van der Waals surface area contributed by atoms with Gasteiger partial charge >= 0.3 is 0 Å². The first-order valence-corrected chi connectivity index (χ1v) is 5.24. The molecular formula is C11H8Cl2N2O. The van der Waals surface area contributed by atoms with E-state index in [1.165, 1.54) is 0 Å². The van der Waals surface area contributed by atoms with E-state index in [1.54, 1.807) is 36.7 Å². The highest BCUT2D eigenvalue weighted by Gasteiger charge is 2.02. The summed E-state index contributed by atoms with van der Waals surface area (Å²) in [4.78, 5) is 3.91. The highest BCUT2D eigenvalue weighted by molar-refractivity contribution is 6.42. The number of halogens is 2. The van der Waals surface area contributed by atoms with Crippen LogP contribution in [0.4, 0.5) is 5.69 Å². The Balaban J connectivity index is 2.24. The fraction of sp³-hybridized carbons (Fsp3) is 0. The fourth-order valence-corrected chi connectivity index (χ4v) is 1.46.